The Kier molecular flexibility index (Phi) is 7.19. The van der Waals surface area contributed by atoms with Gasteiger partial charge >= 0.3 is 0 Å². The van der Waals surface area contributed by atoms with Gasteiger partial charge in [0.25, 0.3) is 5.91 Å². The van der Waals surface area contributed by atoms with E-state index in [0.717, 1.165) is 5.56 Å². The van der Waals surface area contributed by atoms with Crippen LogP contribution in [-0.4, -0.2) is 47.9 Å². The molecule has 2 heterocycles. The number of likely N-dealkylation sites (N-methyl/N-ethyl adjacent to an activating group) is 1. The second-order valence-electron chi connectivity index (χ2n) is 8.15. The maximum Gasteiger partial charge on any atom is 0.251 e. The van der Waals surface area contributed by atoms with Crippen molar-refractivity contribution in [3.05, 3.63) is 54.0 Å². The smallest absolute Gasteiger partial charge is 0.251 e. The Morgan fingerprint density at radius 2 is 1.91 bits per heavy atom. The Balaban J connectivity index is 1.90. The molecule has 1 aliphatic rings. The molecule has 2 aromatic rings. The van der Waals surface area contributed by atoms with Gasteiger partial charge in [-0.2, -0.15) is 0 Å². The molecular weight excluding hydrogens is 413 g/mol. The molecule has 1 aromatic heterocycles. The van der Waals surface area contributed by atoms with E-state index >= 15 is 0 Å². The van der Waals surface area contributed by atoms with E-state index < -0.39 is 35.8 Å². The number of anilines is 2. The summed E-state index contributed by atoms with van der Waals surface area (Å²) in [5.41, 5.74) is 1.04. The predicted molar refractivity (Wildman–Crippen MR) is 120 cm³/mol. The first-order valence-electron chi connectivity index (χ1n) is 10.5. The van der Waals surface area contributed by atoms with Crippen LogP contribution in [0.15, 0.2) is 42.6 Å². The van der Waals surface area contributed by atoms with E-state index in [4.69, 9.17) is 0 Å². The summed E-state index contributed by atoms with van der Waals surface area (Å²) in [5.74, 6) is -1.52. The molecule has 0 spiro atoms. The van der Waals surface area contributed by atoms with Crippen molar-refractivity contribution >= 4 is 29.2 Å². The summed E-state index contributed by atoms with van der Waals surface area (Å²) >= 11 is 0. The maximum absolute atomic E-state index is 13.6. The van der Waals surface area contributed by atoms with E-state index in [2.05, 4.69) is 20.9 Å². The topological polar surface area (TPSA) is 103 Å². The minimum Gasteiger partial charge on any atom is -0.343 e. The van der Waals surface area contributed by atoms with Gasteiger partial charge < -0.3 is 16.0 Å². The van der Waals surface area contributed by atoms with Gasteiger partial charge in [0.2, 0.25) is 11.8 Å². The first-order chi connectivity index (χ1) is 15.2. The number of hydrogen-bond acceptors (Lipinski definition) is 5. The lowest BCUT2D eigenvalue weighted by atomic mass is 10.0. The van der Waals surface area contributed by atoms with Crippen molar-refractivity contribution in [2.24, 2.45) is 5.92 Å². The summed E-state index contributed by atoms with van der Waals surface area (Å²) in [7, 11) is 1.66. The number of amides is 3. The van der Waals surface area contributed by atoms with Crippen LogP contribution in [0.25, 0.3) is 0 Å². The van der Waals surface area contributed by atoms with Gasteiger partial charge in [0.15, 0.2) is 0 Å². The van der Waals surface area contributed by atoms with Crippen LogP contribution in [0, 0.1) is 11.7 Å². The quantitative estimate of drug-likeness (QED) is 0.609. The fourth-order valence-corrected chi connectivity index (χ4v) is 3.59. The second-order valence-corrected chi connectivity index (χ2v) is 8.15. The number of pyridine rings is 1. The molecule has 0 fully saturated rings. The molecule has 32 heavy (non-hydrogen) atoms. The maximum atomic E-state index is 13.6. The summed E-state index contributed by atoms with van der Waals surface area (Å²) in [6, 6.07) is 6.89. The molecule has 0 aliphatic carbocycles. The Morgan fingerprint density at radius 3 is 2.56 bits per heavy atom. The van der Waals surface area contributed by atoms with Gasteiger partial charge in [0.1, 0.15) is 23.7 Å². The molecule has 3 rings (SSSR count). The zero-order valence-corrected chi connectivity index (χ0v) is 18.6. The van der Waals surface area contributed by atoms with Crippen LogP contribution in [0.1, 0.15) is 26.3 Å². The zero-order chi connectivity index (χ0) is 23.4. The van der Waals surface area contributed by atoms with Crippen LogP contribution < -0.4 is 20.9 Å². The highest BCUT2D eigenvalue weighted by Crippen LogP contribution is 2.32. The molecule has 8 nitrogen and oxygen atoms in total. The van der Waals surface area contributed by atoms with Gasteiger partial charge in [-0.25, -0.2) is 9.37 Å². The summed E-state index contributed by atoms with van der Waals surface area (Å²) in [4.78, 5) is 44.9. The normalized spacial score (nSPS) is 16.9. The number of nitrogens with one attached hydrogen (secondary N) is 3. The van der Waals surface area contributed by atoms with Crippen LogP contribution in [-0.2, 0) is 20.8 Å². The number of aromatic nitrogens is 1. The minimum atomic E-state index is -0.879. The molecule has 0 radical (unpaired) electrons. The third-order valence-corrected chi connectivity index (χ3v) is 5.51. The van der Waals surface area contributed by atoms with E-state index in [0.29, 0.717) is 11.5 Å². The molecule has 3 amide bonds. The van der Waals surface area contributed by atoms with Gasteiger partial charge in [-0.3, -0.25) is 19.3 Å². The van der Waals surface area contributed by atoms with Gasteiger partial charge in [-0.15, -0.1) is 0 Å². The Labute approximate surface area is 186 Å². The molecule has 9 heteroatoms. The highest BCUT2D eigenvalue weighted by Gasteiger charge is 2.43. The largest absolute Gasteiger partial charge is 0.343 e. The zero-order valence-electron chi connectivity index (χ0n) is 18.6. The van der Waals surface area contributed by atoms with Crippen molar-refractivity contribution in [3.63, 3.8) is 0 Å². The highest BCUT2D eigenvalue weighted by molar-refractivity contribution is 6.09. The third kappa shape index (κ3) is 4.94. The number of halogens is 1. The number of rotatable bonds is 7. The number of fused-ring (bicyclic) bond motifs is 1. The van der Waals surface area contributed by atoms with Gasteiger partial charge in [0.05, 0.1) is 6.04 Å². The lowest BCUT2D eigenvalue weighted by Crippen LogP contribution is -2.57. The van der Waals surface area contributed by atoms with E-state index in [1.54, 1.807) is 32.3 Å². The van der Waals surface area contributed by atoms with Crippen molar-refractivity contribution < 1.29 is 18.8 Å². The van der Waals surface area contributed by atoms with Crippen molar-refractivity contribution in [3.8, 4) is 0 Å². The highest BCUT2D eigenvalue weighted by atomic mass is 19.1. The van der Waals surface area contributed by atoms with E-state index in [9.17, 15) is 18.8 Å². The molecule has 170 valence electrons. The standard InChI is InChI=1S/C23H28FN5O3/c1-13(2)19(28-21(30)14(3)25-4)23(32)29-18(11-15-7-6-10-26-20(15)29)22(31)27-17-9-5-8-16(24)12-17/h5-10,12-14,18-19,25H,11H2,1-4H3,(H,27,31)(H,28,30). The van der Waals surface area contributed by atoms with Crippen LogP contribution in [0.2, 0.25) is 0 Å². The van der Waals surface area contributed by atoms with Crippen LogP contribution in [0.4, 0.5) is 15.9 Å². The number of hydrogen-bond donors (Lipinski definition) is 3. The number of benzene rings is 1. The molecule has 3 unspecified atom stereocenters. The molecule has 0 saturated carbocycles. The van der Waals surface area contributed by atoms with E-state index in [1.165, 1.54) is 23.1 Å². The molecule has 3 atom stereocenters. The lowest BCUT2D eigenvalue weighted by Gasteiger charge is -2.31. The van der Waals surface area contributed by atoms with E-state index in [-0.39, 0.29) is 18.2 Å². The fraction of sp³-hybridized carbons (Fsp3) is 0.391. The first kappa shape index (κ1) is 23.3. The van der Waals surface area contributed by atoms with Crippen molar-refractivity contribution in [2.45, 2.75) is 45.3 Å². The Morgan fingerprint density at radius 1 is 1.16 bits per heavy atom. The average molecular weight is 442 g/mol. The Bertz CT molecular complexity index is 1010. The van der Waals surface area contributed by atoms with E-state index in [1.807, 2.05) is 19.9 Å². The number of nitrogens with zero attached hydrogens (tertiary/aromatic N) is 2. The third-order valence-electron chi connectivity index (χ3n) is 5.51. The van der Waals surface area contributed by atoms with Crippen LogP contribution in [0.3, 0.4) is 0 Å². The monoisotopic (exact) mass is 441 g/mol. The fourth-order valence-electron chi connectivity index (χ4n) is 3.59. The van der Waals surface area contributed by atoms with Crippen molar-refractivity contribution in [1.82, 2.24) is 15.6 Å². The first-order valence-corrected chi connectivity index (χ1v) is 10.5. The predicted octanol–water partition coefficient (Wildman–Crippen LogP) is 1.87. The molecule has 3 N–H and O–H groups in total. The van der Waals surface area contributed by atoms with Gasteiger partial charge in [-0.05, 0) is 49.7 Å². The molecule has 0 bridgehead atoms. The van der Waals surface area contributed by atoms with Crippen molar-refractivity contribution in [2.75, 3.05) is 17.3 Å². The SMILES string of the molecule is CNC(C)C(=O)NC(C(=O)N1c2ncccc2CC1C(=O)Nc1cccc(F)c1)C(C)C. The van der Waals surface area contributed by atoms with Gasteiger partial charge in [0, 0.05) is 18.3 Å². The Hall–Kier alpha value is -3.33. The summed E-state index contributed by atoms with van der Waals surface area (Å²) in [5, 5.41) is 8.32. The summed E-state index contributed by atoms with van der Waals surface area (Å²) in [6.45, 7) is 5.34. The van der Waals surface area contributed by atoms with Gasteiger partial charge in [-0.1, -0.05) is 26.0 Å². The summed E-state index contributed by atoms with van der Waals surface area (Å²) in [6.07, 6.45) is 1.82. The molecule has 0 saturated heterocycles. The molecule has 1 aromatic carbocycles. The lowest BCUT2D eigenvalue weighted by molar-refractivity contribution is -0.130. The minimum absolute atomic E-state index is 0.227. The van der Waals surface area contributed by atoms with Crippen molar-refractivity contribution in [1.29, 1.82) is 0 Å². The van der Waals surface area contributed by atoms with Crippen LogP contribution >= 0.6 is 0 Å². The summed E-state index contributed by atoms with van der Waals surface area (Å²) < 4.78 is 13.6. The molecular formula is C23H28FN5O3. The number of carbonyl (C=O) groups excluding carboxylic acids is 3. The van der Waals surface area contributed by atoms with Crippen LogP contribution in [0.5, 0.6) is 0 Å². The molecule has 1 aliphatic heterocycles. The average Bonchev–Trinajstić information content (AvgIpc) is 3.16. The number of carbonyl (C=O) groups is 3. The second kappa shape index (κ2) is 9.86.